The quantitative estimate of drug-likeness (QED) is 0.777. The van der Waals surface area contributed by atoms with Gasteiger partial charge in [0.05, 0.1) is 5.75 Å². The van der Waals surface area contributed by atoms with E-state index < -0.39 is 16.0 Å². The van der Waals surface area contributed by atoms with Crippen LogP contribution in [0.5, 0.6) is 0 Å². The van der Waals surface area contributed by atoms with Gasteiger partial charge in [-0.2, -0.15) is 4.31 Å². The lowest BCUT2D eigenvalue weighted by Gasteiger charge is -2.35. The molecule has 1 saturated heterocycles. The molecule has 3 rings (SSSR count). The summed E-state index contributed by atoms with van der Waals surface area (Å²) in [5.74, 6) is -0.522. The van der Waals surface area contributed by atoms with Gasteiger partial charge in [0.2, 0.25) is 10.0 Å². The Hall–Kier alpha value is -2.45. The highest BCUT2D eigenvalue weighted by Gasteiger charge is 2.28. The van der Waals surface area contributed by atoms with Crippen molar-refractivity contribution in [3.63, 3.8) is 0 Å². The highest BCUT2D eigenvalue weighted by Crippen LogP contribution is 2.20. The van der Waals surface area contributed by atoms with E-state index in [0.717, 1.165) is 12.0 Å². The zero-order chi connectivity index (χ0) is 19.3. The number of rotatable bonds is 7. The molecule has 1 N–H and O–H groups in total. The van der Waals surface area contributed by atoms with Crippen LogP contribution in [0.4, 0.5) is 5.82 Å². The minimum absolute atomic E-state index is 0.117. The predicted octanol–water partition coefficient (Wildman–Crippen LogP) is 1.86. The summed E-state index contributed by atoms with van der Waals surface area (Å²) in [6.45, 7) is 1.52. The molecule has 0 atom stereocenters. The van der Waals surface area contributed by atoms with Gasteiger partial charge in [-0.3, -0.25) is 0 Å². The molecule has 0 saturated carbocycles. The van der Waals surface area contributed by atoms with Crippen LogP contribution in [0.1, 0.15) is 22.3 Å². The standard InChI is InChI=1S/C19H23N3O4S/c23-19(24)17-9-4-10-20-18(17)21-11-13-22(14-12-21)27(25,26)15-5-8-16-6-2-1-3-7-16/h1-4,6-7,9-10H,5,8,11-15H2,(H,23,24). The van der Waals surface area contributed by atoms with Crippen molar-refractivity contribution in [3.05, 3.63) is 59.8 Å². The molecule has 2 heterocycles. The summed E-state index contributed by atoms with van der Waals surface area (Å²) in [4.78, 5) is 17.4. The van der Waals surface area contributed by atoms with Gasteiger partial charge in [-0.1, -0.05) is 30.3 Å². The molecular weight excluding hydrogens is 366 g/mol. The van der Waals surface area contributed by atoms with Crippen LogP contribution in [0, 0.1) is 0 Å². The normalized spacial score (nSPS) is 15.6. The third-order valence-electron chi connectivity index (χ3n) is 4.66. The molecule has 0 spiro atoms. The molecule has 2 aromatic rings. The van der Waals surface area contributed by atoms with E-state index in [0.29, 0.717) is 38.4 Å². The predicted molar refractivity (Wildman–Crippen MR) is 104 cm³/mol. The van der Waals surface area contributed by atoms with E-state index in [1.807, 2.05) is 35.2 Å². The summed E-state index contributed by atoms with van der Waals surface area (Å²) < 4.78 is 26.7. The monoisotopic (exact) mass is 389 g/mol. The number of carboxylic acids is 1. The van der Waals surface area contributed by atoms with Crippen molar-refractivity contribution < 1.29 is 18.3 Å². The second kappa shape index (κ2) is 8.49. The van der Waals surface area contributed by atoms with Crippen molar-refractivity contribution in [3.8, 4) is 0 Å². The number of carboxylic acid groups (broad SMARTS) is 1. The molecule has 1 aromatic carbocycles. The van der Waals surface area contributed by atoms with Gasteiger partial charge >= 0.3 is 5.97 Å². The Balaban J connectivity index is 1.56. The van der Waals surface area contributed by atoms with E-state index in [1.165, 1.54) is 10.4 Å². The molecule has 27 heavy (non-hydrogen) atoms. The molecule has 0 radical (unpaired) electrons. The number of carbonyl (C=O) groups is 1. The van der Waals surface area contributed by atoms with Crippen molar-refractivity contribution >= 4 is 21.8 Å². The van der Waals surface area contributed by atoms with Gasteiger partial charge in [0.15, 0.2) is 0 Å². The number of hydrogen-bond donors (Lipinski definition) is 1. The van der Waals surface area contributed by atoms with Crippen molar-refractivity contribution in [2.45, 2.75) is 12.8 Å². The first-order valence-corrected chi connectivity index (χ1v) is 10.5. The van der Waals surface area contributed by atoms with Crippen molar-refractivity contribution in [2.75, 3.05) is 36.8 Å². The molecule has 1 aliphatic rings. The molecule has 1 aliphatic heterocycles. The maximum atomic E-state index is 12.6. The van der Waals surface area contributed by atoms with Crippen LogP contribution >= 0.6 is 0 Å². The number of pyridine rings is 1. The zero-order valence-electron chi connectivity index (χ0n) is 15.0. The summed E-state index contributed by atoms with van der Waals surface area (Å²) in [6.07, 6.45) is 2.86. The van der Waals surface area contributed by atoms with Crippen LogP contribution in [0.25, 0.3) is 0 Å². The van der Waals surface area contributed by atoms with E-state index in [-0.39, 0.29) is 11.3 Å². The topological polar surface area (TPSA) is 90.8 Å². The van der Waals surface area contributed by atoms with E-state index in [2.05, 4.69) is 4.98 Å². The third kappa shape index (κ3) is 4.84. The SMILES string of the molecule is O=C(O)c1cccnc1N1CCN(S(=O)(=O)CCCc2ccccc2)CC1. The number of hydrogen-bond acceptors (Lipinski definition) is 5. The van der Waals surface area contributed by atoms with E-state index >= 15 is 0 Å². The van der Waals surface area contributed by atoms with E-state index in [1.54, 1.807) is 12.3 Å². The van der Waals surface area contributed by atoms with E-state index in [9.17, 15) is 18.3 Å². The number of aromatic nitrogens is 1. The number of piperazine rings is 1. The fraction of sp³-hybridized carbons (Fsp3) is 0.368. The number of benzene rings is 1. The van der Waals surface area contributed by atoms with Crippen LogP contribution in [0.15, 0.2) is 48.7 Å². The second-order valence-electron chi connectivity index (χ2n) is 6.47. The fourth-order valence-electron chi connectivity index (χ4n) is 3.23. The highest BCUT2D eigenvalue weighted by atomic mass is 32.2. The molecule has 7 nitrogen and oxygen atoms in total. The molecule has 0 bridgehead atoms. The van der Waals surface area contributed by atoms with Crippen LogP contribution < -0.4 is 4.90 Å². The van der Waals surface area contributed by atoms with Gasteiger partial charge in [0, 0.05) is 32.4 Å². The summed E-state index contributed by atoms with van der Waals surface area (Å²) in [6, 6.07) is 12.9. The van der Waals surface area contributed by atoms with Crippen LogP contribution in [0.2, 0.25) is 0 Å². The molecule has 8 heteroatoms. The summed E-state index contributed by atoms with van der Waals surface area (Å²) in [5.41, 5.74) is 1.27. The van der Waals surface area contributed by atoms with Crippen molar-refractivity contribution in [1.82, 2.24) is 9.29 Å². The summed E-state index contributed by atoms with van der Waals surface area (Å²) in [5, 5.41) is 9.30. The Morgan fingerprint density at radius 1 is 1.04 bits per heavy atom. The Morgan fingerprint density at radius 2 is 1.74 bits per heavy atom. The lowest BCUT2D eigenvalue weighted by Crippen LogP contribution is -2.49. The highest BCUT2D eigenvalue weighted by molar-refractivity contribution is 7.89. The van der Waals surface area contributed by atoms with E-state index in [4.69, 9.17) is 0 Å². The largest absolute Gasteiger partial charge is 0.478 e. The molecule has 0 unspecified atom stereocenters. The fourth-order valence-corrected chi connectivity index (χ4v) is 4.71. The first-order valence-electron chi connectivity index (χ1n) is 8.92. The first kappa shape index (κ1) is 19.3. The van der Waals surface area contributed by atoms with Gasteiger partial charge in [0.25, 0.3) is 0 Å². The van der Waals surface area contributed by atoms with Gasteiger partial charge in [-0.15, -0.1) is 0 Å². The molecule has 1 aromatic heterocycles. The van der Waals surface area contributed by atoms with Crippen LogP contribution in [-0.2, 0) is 16.4 Å². The van der Waals surface area contributed by atoms with Gasteiger partial charge < -0.3 is 10.0 Å². The number of nitrogens with zero attached hydrogens (tertiary/aromatic N) is 3. The maximum Gasteiger partial charge on any atom is 0.339 e. The zero-order valence-corrected chi connectivity index (χ0v) is 15.8. The van der Waals surface area contributed by atoms with Gasteiger partial charge in [-0.25, -0.2) is 18.2 Å². The van der Waals surface area contributed by atoms with Crippen LogP contribution in [-0.4, -0.2) is 60.7 Å². The molecule has 0 aliphatic carbocycles. The number of aromatic carboxylic acids is 1. The Kier molecular flexibility index (Phi) is 6.08. The number of aryl methyl sites for hydroxylation is 1. The first-order chi connectivity index (χ1) is 13.0. The van der Waals surface area contributed by atoms with Gasteiger partial charge in [-0.05, 0) is 30.5 Å². The smallest absolute Gasteiger partial charge is 0.339 e. The van der Waals surface area contributed by atoms with Crippen molar-refractivity contribution in [1.29, 1.82) is 0 Å². The molecular formula is C19H23N3O4S. The Labute approximate surface area is 159 Å². The lowest BCUT2D eigenvalue weighted by atomic mass is 10.1. The van der Waals surface area contributed by atoms with Crippen LogP contribution in [0.3, 0.4) is 0 Å². The minimum atomic E-state index is -3.32. The lowest BCUT2D eigenvalue weighted by molar-refractivity contribution is 0.0697. The summed E-state index contributed by atoms with van der Waals surface area (Å²) >= 11 is 0. The van der Waals surface area contributed by atoms with Gasteiger partial charge in [0.1, 0.15) is 11.4 Å². The van der Waals surface area contributed by atoms with Crippen molar-refractivity contribution in [2.24, 2.45) is 0 Å². The number of sulfonamides is 1. The average Bonchev–Trinajstić information content (AvgIpc) is 2.69. The maximum absolute atomic E-state index is 12.6. The average molecular weight is 389 g/mol. The minimum Gasteiger partial charge on any atom is -0.478 e. The third-order valence-corrected chi connectivity index (χ3v) is 6.62. The summed E-state index contributed by atoms with van der Waals surface area (Å²) in [7, 11) is -3.32. The number of anilines is 1. The molecule has 144 valence electrons. The second-order valence-corrected chi connectivity index (χ2v) is 8.56. The Bertz CT molecular complexity index is 879. The molecule has 0 amide bonds. The Morgan fingerprint density at radius 3 is 2.41 bits per heavy atom. The molecule has 1 fully saturated rings.